The second-order valence-corrected chi connectivity index (χ2v) is 5.10. The van der Waals surface area contributed by atoms with Crippen LogP contribution in [0.15, 0.2) is 48.7 Å². The Balaban J connectivity index is 2.00. The van der Waals surface area contributed by atoms with Gasteiger partial charge in [0.2, 0.25) is 0 Å². The van der Waals surface area contributed by atoms with Gasteiger partial charge in [0.05, 0.1) is 6.54 Å². The second kappa shape index (κ2) is 5.66. The lowest BCUT2D eigenvalue weighted by Gasteiger charge is -2.08. The molecule has 1 N–H and O–H groups in total. The molecule has 0 saturated carbocycles. The Labute approximate surface area is 122 Å². The third-order valence-corrected chi connectivity index (χ3v) is 3.57. The van der Waals surface area contributed by atoms with Crippen molar-refractivity contribution in [2.75, 3.05) is 7.05 Å². The molecule has 108 valence electrons. The molecule has 0 bridgehead atoms. The summed E-state index contributed by atoms with van der Waals surface area (Å²) >= 11 is 0. The van der Waals surface area contributed by atoms with E-state index in [9.17, 15) is 8.78 Å². The van der Waals surface area contributed by atoms with Crippen LogP contribution in [0.3, 0.4) is 0 Å². The van der Waals surface area contributed by atoms with Crippen molar-refractivity contribution in [2.24, 2.45) is 0 Å². The number of nitrogens with one attached hydrogen (secondary N) is 1. The van der Waals surface area contributed by atoms with Crippen LogP contribution in [-0.2, 0) is 13.1 Å². The van der Waals surface area contributed by atoms with E-state index in [0.29, 0.717) is 12.1 Å². The lowest BCUT2D eigenvalue weighted by molar-refractivity contribution is 0.579. The number of hydrogen-bond acceptors (Lipinski definition) is 1. The van der Waals surface area contributed by atoms with Crippen LogP contribution in [0, 0.1) is 11.6 Å². The van der Waals surface area contributed by atoms with Crippen molar-refractivity contribution in [3.63, 3.8) is 0 Å². The molecule has 0 aliphatic rings. The Bertz CT molecular complexity index is 778. The molecule has 0 spiro atoms. The third-order valence-electron chi connectivity index (χ3n) is 3.57. The van der Waals surface area contributed by atoms with E-state index in [0.717, 1.165) is 29.1 Å². The molecule has 0 aliphatic carbocycles. The molecule has 1 aromatic heterocycles. The number of aromatic nitrogens is 1. The van der Waals surface area contributed by atoms with E-state index < -0.39 is 5.82 Å². The largest absolute Gasteiger partial charge is 0.343 e. The molecule has 3 rings (SSSR count). The van der Waals surface area contributed by atoms with Gasteiger partial charge in [-0.25, -0.2) is 8.78 Å². The topological polar surface area (TPSA) is 17.0 Å². The van der Waals surface area contributed by atoms with Gasteiger partial charge in [-0.05, 0) is 48.3 Å². The molecule has 21 heavy (non-hydrogen) atoms. The van der Waals surface area contributed by atoms with Gasteiger partial charge in [0.1, 0.15) is 11.6 Å². The first-order valence-electron chi connectivity index (χ1n) is 6.83. The Hall–Kier alpha value is -2.20. The minimum Gasteiger partial charge on any atom is -0.343 e. The third kappa shape index (κ3) is 2.81. The van der Waals surface area contributed by atoms with E-state index in [-0.39, 0.29) is 5.82 Å². The molecule has 3 aromatic rings. The highest BCUT2D eigenvalue weighted by Gasteiger charge is 2.07. The zero-order chi connectivity index (χ0) is 14.8. The highest BCUT2D eigenvalue weighted by molar-refractivity contribution is 5.81. The fourth-order valence-electron chi connectivity index (χ4n) is 2.53. The maximum Gasteiger partial charge on any atom is 0.128 e. The Morgan fingerprint density at radius 1 is 1.05 bits per heavy atom. The van der Waals surface area contributed by atoms with Crippen molar-refractivity contribution < 1.29 is 8.78 Å². The van der Waals surface area contributed by atoms with E-state index in [4.69, 9.17) is 0 Å². The van der Waals surface area contributed by atoms with Crippen molar-refractivity contribution in [1.82, 2.24) is 9.88 Å². The van der Waals surface area contributed by atoms with Gasteiger partial charge in [0.25, 0.3) is 0 Å². The van der Waals surface area contributed by atoms with Gasteiger partial charge in [0.15, 0.2) is 0 Å². The van der Waals surface area contributed by atoms with E-state index >= 15 is 0 Å². The molecule has 0 radical (unpaired) electrons. The second-order valence-electron chi connectivity index (χ2n) is 5.10. The van der Waals surface area contributed by atoms with Crippen molar-refractivity contribution in [3.8, 4) is 0 Å². The van der Waals surface area contributed by atoms with Crippen LogP contribution in [-0.4, -0.2) is 11.6 Å². The van der Waals surface area contributed by atoms with Gasteiger partial charge in [-0.15, -0.1) is 0 Å². The Morgan fingerprint density at radius 2 is 1.90 bits per heavy atom. The summed E-state index contributed by atoms with van der Waals surface area (Å²) in [7, 11) is 1.89. The molecule has 1 heterocycles. The molecule has 2 aromatic carbocycles. The highest BCUT2D eigenvalue weighted by Crippen LogP contribution is 2.20. The lowest BCUT2D eigenvalue weighted by Crippen LogP contribution is -2.05. The molecule has 0 aliphatic heterocycles. The van der Waals surface area contributed by atoms with Gasteiger partial charge in [0, 0.05) is 23.8 Å². The highest BCUT2D eigenvalue weighted by atomic mass is 19.1. The average Bonchev–Trinajstić information content (AvgIpc) is 2.86. The zero-order valence-electron chi connectivity index (χ0n) is 11.7. The summed E-state index contributed by atoms with van der Waals surface area (Å²) in [5, 5.41) is 4.20. The predicted octanol–water partition coefficient (Wildman–Crippen LogP) is 3.69. The first-order chi connectivity index (χ1) is 10.2. The lowest BCUT2D eigenvalue weighted by atomic mass is 10.1. The van der Waals surface area contributed by atoms with E-state index in [1.54, 1.807) is 0 Å². The van der Waals surface area contributed by atoms with Crippen molar-refractivity contribution in [2.45, 2.75) is 13.1 Å². The fourth-order valence-corrected chi connectivity index (χ4v) is 2.53. The predicted molar refractivity (Wildman–Crippen MR) is 80.2 cm³/mol. The van der Waals surface area contributed by atoms with Crippen LogP contribution in [0.5, 0.6) is 0 Å². The molecular weight excluding hydrogens is 270 g/mol. The van der Waals surface area contributed by atoms with Crippen LogP contribution in [0.2, 0.25) is 0 Å². The number of nitrogens with zero attached hydrogens (tertiary/aromatic N) is 1. The minimum absolute atomic E-state index is 0.316. The maximum atomic E-state index is 13.8. The van der Waals surface area contributed by atoms with Crippen LogP contribution in [0.1, 0.15) is 11.1 Å². The first-order valence-corrected chi connectivity index (χ1v) is 6.83. The fraction of sp³-hybridized carbons (Fsp3) is 0.176. The summed E-state index contributed by atoms with van der Waals surface area (Å²) in [6, 6.07) is 11.7. The van der Waals surface area contributed by atoms with Crippen molar-refractivity contribution >= 4 is 10.9 Å². The quantitative estimate of drug-likeness (QED) is 0.774. The molecule has 2 nitrogen and oxygen atoms in total. The summed E-state index contributed by atoms with van der Waals surface area (Å²) in [6.45, 7) is 1.09. The Morgan fingerprint density at radius 3 is 2.71 bits per heavy atom. The molecule has 0 unspecified atom stereocenters. The molecule has 0 fully saturated rings. The minimum atomic E-state index is -0.418. The maximum absolute atomic E-state index is 13.8. The normalized spacial score (nSPS) is 11.2. The standard InChI is InChI=1S/C17H16F2N2/c1-20-10-12-2-3-13-6-7-21(17(13)8-12)11-14-9-15(18)4-5-16(14)19/h2-9,20H,10-11H2,1H3. The van der Waals surface area contributed by atoms with Crippen LogP contribution < -0.4 is 5.32 Å². The number of halogens is 2. The van der Waals surface area contributed by atoms with Gasteiger partial charge < -0.3 is 9.88 Å². The molecule has 0 amide bonds. The van der Waals surface area contributed by atoms with Gasteiger partial charge in [-0.2, -0.15) is 0 Å². The van der Waals surface area contributed by atoms with Gasteiger partial charge >= 0.3 is 0 Å². The molecule has 4 heteroatoms. The SMILES string of the molecule is CNCc1ccc2ccn(Cc3cc(F)ccc3F)c2c1. The summed E-state index contributed by atoms with van der Waals surface area (Å²) in [4.78, 5) is 0. The Kier molecular flexibility index (Phi) is 3.71. The number of benzene rings is 2. The van der Waals surface area contributed by atoms with Gasteiger partial charge in [-0.3, -0.25) is 0 Å². The zero-order valence-corrected chi connectivity index (χ0v) is 11.7. The van der Waals surface area contributed by atoms with Crippen LogP contribution in [0.4, 0.5) is 8.78 Å². The summed E-state index contributed by atoms with van der Waals surface area (Å²) < 4.78 is 29.0. The molecular formula is C17H16F2N2. The smallest absolute Gasteiger partial charge is 0.128 e. The van der Waals surface area contributed by atoms with Crippen LogP contribution >= 0.6 is 0 Å². The monoisotopic (exact) mass is 286 g/mol. The molecule has 0 atom stereocenters. The number of rotatable bonds is 4. The number of fused-ring (bicyclic) bond motifs is 1. The first kappa shape index (κ1) is 13.8. The summed E-state index contributed by atoms with van der Waals surface area (Å²) in [5.41, 5.74) is 2.53. The summed E-state index contributed by atoms with van der Waals surface area (Å²) in [6.07, 6.45) is 1.90. The van der Waals surface area contributed by atoms with Crippen molar-refractivity contribution in [1.29, 1.82) is 0 Å². The van der Waals surface area contributed by atoms with E-state index in [1.165, 1.54) is 12.1 Å². The van der Waals surface area contributed by atoms with Crippen molar-refractivity contribution in [3.05, 3.63) is 71.4 Å². The average molecular weight is 286 g/mol. The van der Waals surface area contributed by atoms with E-state index in [2.05, 4.69) is 17.4 Å². The van der Waals surface area contributed by atoms with Crippen LogP contribution in [0.25, 0.3) is 10.9 Å². The number of hydrogen-bond donors (Lipinski definition) is 1. The van der Waals surface area contributed by atoms with E-state index in [1.807, 2.05) is 29.9 Å². The summed E-state index contributed by atoms with van der Waals surface area (Å²) in [5.74, 6) is -0.802. The van der Waals surface area contributed by atoms with Gasteiger partial charge in [-0.1, -0.05) is 12.1 Å². The molecule has 0 saturated heterocycles.